The molecule has 33 heavy (non-hydrogen) atoms. The molecule has 0 unspecified atom stereocenters. The Hall–Kier alpha value is -0.631. The molecule has 0 amide bonds. The zero-order valence-electron chi connectivity index (χ0n) is 21.0. The van der Waals surface area contributed by atoms with Gasteiger partial charge in [0.05, 0.1) is 0 Å². The van der Waals surface area contributed by atoms with E-state index in [9.17, 15) is 0 Å². The van der Waals surface area contributed by atoms with Gasteiger partial charge in [0.1, 0.15) is 0 Å². The van der Waals surface area contributed by atoms with Crippen LogP contribution < -0.4 is 12.9 Å². The molecule has 0 spiro atoms. The molecule has 1 aliphatic heterocycles. The predicted octanol–water partition coefficient (Wildman–Crippen LogP) is 6.23. The summed E-state index contributed by atoms with van der Waals surface area (Å²) in [6, 6.07) is 8.31. The van der Waals surface area contributed by atoms with Gasteiger partial charge in [-0.3, -0.25) is 0 Å². The summed E-state index contributed by atoms with van der Waals surface area (Å²) >= 11 is 1.25. The van der Waals surface area contributed by atoms with Gasteiger partial charge in [-0.2, -0.15) is 0 Å². The molecule has 4 nitrogen and oxygen atoms in total. The standard InChI is InChI=1S/C14H15N2O2S.C13H27.Sn/c1-17-12-4-2-11(3-5-12)8-16-14(9-18-10-14)13-15-6-7-19-13;1-4-7-10-13(11-8-5-2)12-9-6-3;/h2-6,16H,8-10H2,1H3;4-12H2,1-3H3;. The van der Waals surface area contributed by atoms with Gasteiger partial charge in [-0.15, -0.1) is 0 Å². The number of unbranched alkanes of at least 4 members (excludes halogenated alkanes) is 3. The van der Waals surface area contributed by atoms with Crippen molar-refractivity contribution in [2.45, 2.75) is 94.1 Å². The Morgan fingerprint density at radius 2 is 1.64 bits per heavy atom. The fourth-order valence-corrected chi connectivity index (χ4v) is 12.6. The number of nitrogens with zero attached hydrogens (tertiary/aromatic N) is 1. The van der Waals surface area contributed by atoms with Crippen LogP contribution in [0, 0.1) is 0 Å². The number of hydrogen-bond acceptors (Lipinski definition) is 5. The molecule has 2 radical (unpaired) electrons. The Balaban J connectivity index is 1.71. The fourth-order valence-electron chi connectivity index (χ4n) is 4.54. The van der Waals surface area contributed by atoms with Crippen LogP contribution in [0.15, 0.2) is 30.5 Å². The van der Waals surface area contributed by atoms with Crippen LogP contribution in [0.3, 0.4) is 0 Å². The summed E-state index contributed by atoms with van der Waals surface area (Å²) < 4.78 is 13.2. The van der Waals surface area contributed by atoms with Crippen molar-refractivity contribution in [1.29, 1.82) is 0 Å². The fraction of sp³-hybridized carbons (Fsp3) is 0.667. The van der Waals surface area contributed by atoms with E-state index in [1.165, 1.54) is 68.4 Å². The molecule has 0 atom stereocenters. The van der Waals surface area contributed by atoms with Gasteiger partial charge in [0.15, 0.2) is 0 Å². The van der Waals surface area contributed by atoms with Crippen LogP contribution in [0.25, 0.3) is 0 Å². The molecule has 6 heteroatoms. The first-order chi connectivity index (χ1) is 16.1. The Morgan fingerprint density at radius 3 is 2.12 bits per heavy atom. The summed E-state index contributed by atoms with van der Waals surface area (Å²) in [5, 5.41) is 5.01. The zero-order chi connectivity index (χ0) is 23.6. The second kappa shape index (κ2) is 13.5. The van der Waals surface area contributed by atoms with E-state index in [1.807, 2.05) is 23.5 Å². The summed E-state index contributed by atoms with van der Waals surface area (Å²) in [6.45, 7) is 9.27. The third kappa shape index (κ3) is 7.42. The van der Waals surface area contributed by atoms with Gasteiger partial charge < -0.3 is 0 Å². The summed E-state index contributed by atoms with van der Waals surface area (Å²) in [5.41, 5.74) is 1.13. The number of methoxy groups -OCH3 is 1. The Morgan fingerprint density at radius 1 is 1.03 bits per heavy atom. The summed E-state index contributed by atoms with van der Waals surface area (Å²) in [6.07, 6.45) is 14.6. The monoisotopic (exact) mass is 578 g/mol. The van der Waals surface area contributed by atoms with Crippen LogP contribution in [0.1, 0.15) is 89.1 Å². The van der Waals surface area contributed by atoms with Gasteiger partial charge in [0.2, 0.25) is 0 Å². The predicted molar refractivity (Wildman–Crippen MR) is 141 cm³/mol. The molecule has 2 aromatic rings. The molecule has 0 bridgehead atoms. The van der Waals surface area contributed by atoms with Crippen LogP contribution >= 0.6 is 11.3 Å². The first-order valence-electron chi connectivity index (χ1n) is 12.8. The van der Waals surface area contributed by atoms with E-state index in [4.69, 9.17) is 14.5 Å². The van der Waals surface area contributed by atoms with Gasteiger partial charge in [0.25, 0.3) is 0 Å². The van der Waals surface area contributed by atoms with E-state index in [0.717, 1.165) is 12.3 Å². The van der Waals surface area contributed by atoms with Crippen LogP contribution in [0.4, 0.5) is 0 Å². The Kier molecular flexibility index (Phi) is 11.0. The number of nitrogens with one attached hydrogen (secondary N) is 1. The van der Waals surface area contributed by atoms with Crippen molar-refractivity contribution in [1.82, 2.24) is 10.3 Å². The molecular formula is C27H42N2O2SSn. The average molecular weight is 577 g/mol. The van der Waals surface area contributed by atoms with Crippen LogP contribution in [-0.4, -0.2) is 46.4 Å². The van der Waals surface area contributed by atoms with Crippen molar-refractivity contribution in [3.63, 3.8) is 0 Å². The van der Waals surface area contributed by atoms with Gasteiger partial charge in [-0.1, -0.05) is 0 Å². The number of ether oxygens (including phenoxy) is 2. The number of thiazole rings is 1. The minimum atomic E-state index is -0.735. The van der Waals surface area contributed by atoms with Crippen molar-refractivity contribution in [3.8, 4) is 5.75 Å². The normalized spacial score (nSPS) is 15.4. The summed E-state index contributed by atoms with van der Waals surface area (Å²) in [4.78, 5) is 4.97. The van der Waals surface area contributed by atoms with Crippen molar-refractivity contribution in [2.75, 3.05) is 20.3 Å². The first-order valence-corrected chi connectivity index (χ1v) is 16.5. The summed E-state index contributed by atoms with van der Waals surface area (Å²) in [5.74, 6) is 0.897. The number of rotatable bonds is 16. The van der Waals surface area contributed by atoms with Crippen molar-refractivity contribution >= 4 is 35.4 Å². The molecule has 1 aromatic carbocycles. The molecule has 2 heterocycles. The van der Waals surface area contributed by atoms with Crippen LogP contribution in [-0.2, 0) is 16.8 Å². The van der Waals surface area contributed by atoms with Gasteiger partial charge in [-0.25, -0.2) is 0 Å². The molecule has 0 aliphatic carbocycles. The maximum absolute atomic E-state index is 5.69. The van der Waals surface area contributed by atoms with Crippen molar-refractivity contribution in [3.05, 3.63) is 41.0 Å². The third-order valence-electron chi connectivity index (χ3n) is 6.82. The third-order valence-corrected chi connectivity index (χ3v) is 14.1. The second-order valence-corrected chi connectivity index (χ2v) is 16.9. The molecule has 1 aliphatic rings. The molecule has 3 rings (SSSR count). The summed E-state index contributed by atoms with van der Waals surface area (Å²) in [7, 11) is 1.71. The van der Waals surface area contributed by atoms with E-state index in [2.05, 4.69) is 44.4 Å². The van der Waals surface area contributed by atoms with E-state index in [0.29, 0.717) is 16.6 Å². The van der Waals surface area contributed by atoms with Gasteiger partial charge >= 0.3 is 216 Å². The number of hydrogen-bond donors (Lipinski definition) is 1. The van der Waals surface area contributed by atoms with Crippen LogP contribution in [0.5, 0.6) is 5.75 Å². The average Bonchev–Trinajstić information content (AvgIpc) is 3.28. The Labute approximate surface area is 215 Å². The molecule has 0 saturated carbocycles. The maximum atomic E-state index is 5.69. The topological polar surface area (TPSA) is 43.4 Å². The minimum absolute atomic E-state index is 0.124. The quantitative estimate of drug-likeness (QED) is 0.241. The molecular weight excluding hydrogens is 535 g/mol. The Bertz CT molecular complexity index is 798. The molecule has 182 valence electrons. The van der Waals surface area contributed by atoms with Gasteiger partial charge in [0, 0.05) is 0 Å². The molecule has 1 saturated heterocycles. The number of aromatic nitrogens is 1. The first kappa shape index (κ1) is 27.0. The molecule has 1 N–H and O–H groups in total. The van der Waals surface area contributed by atoms with E-state index >= 15 is 0 Å². The van der Waals surface area contributed by atoms with Crippen molar-refractivity contribution < 1.29 is 9.47 Å². The van der Waals surface area contributed by atoms with Gasteiger partial charge in [-0.05, 0) is 0 Å². The molecule has 1 fully saturated rings. The second-order valence-electron chi connectivity index (χ2n) is 9.52. The van der Waals surface area contributed by atoms with E-state index < -0.39 is 21.1 Å². The SMILES string of the molecule is CCCC[C](CCCC)(CCCC)[Sn][c]1cnc(C2(NCc3ccc(OC)cc3)COC2)s1. The van der Waals surface area contributed by atoms with Crippen molar-refractivity contribution in [2.24, 2.45) is 0 Å². The van der Waals surface area contributed by atoms with Crippen LogP contribution in [0.2, 0.25) is 3.43 Å². The van der Waals surface area contributed by atoms with E-state index in [-0.39, 0.29) is 5.54 Å². The number of benzene rings is 1. The molecule has 1 aromatic heterocycles. The zero-order valence-corrected chi connectivity index (χ0v) is 24.7. The van der Waals surface area contributed by atoms with E-state index in [1.54, 1.807) is 10.0 Å².